The Morgan fingerprint density at radius 2 is 2.21 bits per heavy atom. The Kier molecular flexibility index (Phi) is 5.15. The first-order valence-corrected chi connectivity index (χ1v) is 6.62. The molecule has 2 N–H and O–H groups in total. The molecule has 104 valence electrons. The lowest BCUT2D eigenvalue weighted by Gasteiger charge is -2.11. The average molecular weight is 266 g/mol. The van der Waals surface area contributed by atoms with Gasteiger partial charge in [0, 0.05) is 19.7 Å². The van der Waals surface area contributed by atoms with Gasteiger partial charge in [-0.15, -0.1) is 0 Å². The Morgan fingerprint density at radius 1 is 1.37 bits per heavy atom. The third-order valence-corrected chi connectivity index (χ3v) is 3.15. The standard InChI is InChI=1S/C14H19FN2O2/c15-13-6-2-1-4-11(13)7-8-16-14(18)17-10-12-5-3-9-19-12/h1-2,4,6,12H,3,5,7-10H2,(H2,16,17,18). The topological polar surface area (TPSA) is 50.4 Å². The van der Waals surface area contributed by atoms with Crippen molar-refractivity contribution >= 4 is 6.03 Å². The number of hydrogen-bond donors (Lipinski definition) is 2. The van der Waals surface area contributed by atoms with Gasteiger partial charge in [0.2, 0.25) is 0 Å². The summed E-state index contributed by atoms with van der Waals surface area (Å²) in [6, 6.07) is 6.36. The normalized spacial score (nSPS) is 18.3. The Labute approximate surface area is 112 Å². The number of halogens is 1. The molecule has 1 heterocycles. The molecule has 0 spiro atoms. The fourth-order valence-corrected chi connectivity index (χ4v) is 2.09. The van der Waals surface area contributed by atoms with Crippen molar-refractivity contribution in [2.45, 2.75) is 25.4 Å². The second-order valence-corrected chi connectivity index (χ2v) is 4.61. The fourth-order valence-electron chi connectivity index (χ4n) is 2.09. The summed E-state index contributed by atoms with van der Waals surface area (Å²) >= 11 is 0. The van der Waals surface area contributed by atoms with Crippen LogP contribution in [0.15, 0.2) is 24.3 Å². The number of amides is 2. The maximum absolute atomic E-state index is 13.3. The lowest BCUT2D eigenvalue weighted by molar-refractivity contribution is 0.111. The summed E-state index contributed by atoms with van der Waals surface area (Å²) in [6.07, 6.45) is 2.67. The van der Waals surface area contributed by atoms with E-state index in [1.807, 2.05) is 0 Å². The number of rotatable bonds is 5. The van der Waals surface area contributed by atoms with Crippen molar-refractivity contribution in [2.24, 2.45) is 0 Å². The first-order chi connectivity index (χ1) is 9.25. The van der Waals surface area contributed by atoms with Crippen molar-refractivity contribution in [3.8, 4) is 0 Å². The van der Waals surface area contributed by atoms with Crippen LogP contribution in [0.1, 0.15) is 18.4 Å². The highest BCUT2D eigenvalue weighted by Gasteiger charge is 2.15. The quantitative estimate of drug-likeness (QED) is 0.854. The van der Waals surface area contributed by atoms with Crippen LogP contribution in [-0.2, 0) is 11.2 Å². The minimum absolute atomic E-state index is 0.136. The highest BCUT2D eigenvalue weighted by molar-refractivity contribution is 5.73. The number of hydrogen-bond acceptors (Lipinski definition) is 2. The van der Waals surface area contributed by atoms with Crippen molar-refractivity contribution in [1.29, 1.82) is 0 Å². The van der Waals surface area contributed by atoms with Gasteiger partial charge in [-0.05, 0) is 30.9 Å². The first kappa shape index (κ1) is 13.8. The summed E-state index contributed by atoms with van der Waals surface area (Å²) in [4.78, 5) is 11.5. The van der Waals surface area contributed by atoms with Gasteiger partial charge in [0.05, 0.1) is 6.10 Å². The van der Waals surface area contributed by atoms with Crippen LogP contribution in [0.2, 0.25) is 0 Å². The third kappa shape index (κ3) is 4.52. The predicted octanol–water partition coefficient (Wildman–Crippen LogP) is 1.85. The van der Waals surface area contributed by atoms with Crippen molar-refractivity contribution in [3.05, 3.63) is 35.6 Å². The lowest BCUT2D eigenvalue weighted by atomic mass is 10.1. The number of benzene rings is 1. The Morgan fingerprint density at radius 3 is 2.95 bits per heavy atom. The Bertz CT molecular complexity index is 420. The highest BCUT2D eigenvalue weighted by atomic mass is 19.1. The Hall–Kier alpha value is -1.62. The molecule has 1 aromatic rings. The predicted molar refractivity (Wildman–Crippen MR) is 70.5 cm³/mol. The molecule has 5 heteroatoms. The molecule has 0 aromatic heterocycles. The van der Waals surface area contributed by atoms with E-state index in [0.717, 1.165) is 19.4 Å². The minimum atomic E-state index is -0.232. The molecular weight excluding hydrogens is 247 g/mol. The molecule has 0 saturated carbocycles. The van der Waals surface area contributed by atoms with E-state index in [2.05, 4.69) is 10.6 Å². The number of urea groups is 1. The van der Waals surface area contributed by atoms with Gasteiger partial charge >= 0.3 is 6.03 Å². The van der Waals surface area contributed by atoms with Gasteiger partial charge < -0.3 is 15.4 Å². The summed E-state index contributed by atoms with van der Waals surface area (Å²) in [5.74, 6) is -0.232. The van der Waals surface area contributed by atoms with Gasteiger partial charge in [-0.2, -0.15) is 0 Å². The monoisotopic (exact) mass is 266 g/mol. The molecular formula is C14H19FN2O2. The van der Waals surface area contributed by atoms with Crippen molar-refractivity contribution in [2.75, 3.05) is 19.7 Å². The van der Waals surface area contributed by atoms with Crippen molar-refractivity contribution < 1.29 is 13.9 Å². The highest BCUT2D eigenvalue weighted by Crippen LogP contribution is 2.10. The smallest absolute Gasteiger partial charge is 0.314 e. The molecule has 4 nitrogen and oxygen atoms in total. The minimum Gasteiger partial charge on any atom is -0.376 e. The molecule has 0 radical (unpaired) electrons. The molecule has 1 fully saturated rings. The zero-order chi connectivity index (χ0) is 13.5. The molecule has 19 heavy (non-hydrogen) atoms. The third-order valence-electron chi connectivity index (χ3n) is 3.15. The van der Waals surface area contributed by atoms with Crippen LogP contribution in [0.3, 0.4) is 0 Å². The second kappa shape index (κ2) is 7.09. The summed E-state index contributed by atoms with van der Waals surface area (Å²) in [7, 11) is 0. The Balaban J connectivity index is 1.62. The van der Waals surface area contributed by atoms with E-state index in [1.54, 1.807) is 18.2 Å². The van der Waals surface area contributed by atoms with Crippen LogP contribution in [0.5, 0.6) is 0 Å². The lowest BCUT2D eigenvalue weighted by Crippen LogP contribution is -2.40. The number of nitrogens with one attached hydrogen (secondary N) is 2. The SMILES string of the molecule is O=C(NCCc1ccccc1F)NCC1CCCO1. The molecule has 2 rings (SSSR count). The number of ether oxygens (including phenoxy) is 1. The van der Waals surface area contributed by atoms with Crippen molar-refractivity contribution in [1.82, 2.24) is 10.6 Å². The molecule has 1 atom stereocenters. The van der Waals surface area contributed by atoms with Crippen LogP contribution >= 0.6 is 0 Å². The first-order valence-electron chi connectivity index (χ1n) is 6.62. The van der Waals surface area contributed by atoms with Crippen LogP contribution in [0.4, 0.5) is 9.18 Å². The van der Waals surface area contributed by atoms with Crippen molar-refractivity contribution in [3.63, 3.8) is 0 Å². The summed E-state index contributed by atoms with van der Waals surface area (Å²) in [5.41, 5.74) is 0.613. The van der Waals surface area contributed by atoms with E-state index >= 15 is 0 Å². The van der Waals surface area contributed by atoms with Crippen LogP contribution in [0, 0.1) is 5.82 Å². The molecule has 1 aliphatic rings. The van der Waals surface area contributed by atoms with Crippen LogP contribution in [-0.4, -0.2) is 31.8 Å². The molecule has 0 bridgehead atoms. The van der Waals surface area contributed by atoms with Crippen LogP contribution in [0.25, 0.3) is 0 Å². The largest absolute Gasteiger partial charge is 0.376 e. The summed E-state index contributed by atoms with van der Waals surface area (Å²) < 4.78 is 18.7. The number of carbonyl (C=O) groups excluding carboxylic acids is 1. The molecule has 1 aromatic carbocycles. The van der Waals surface area contributed by atoms with Gasteiger partial charge in [-0.3, -0.25) is 0 Å². The van der Waals surface area contributed by atoms with E-state index in [1.165, 1.54) is 6.07 Å². The summed E-state index contributed by atoms with van der Waals surface area (Å²) in [5, 5.41) is 5.47. The van der Waals surface area contributed by atoms with Gasteiger partial charge in [0.15, 0.2) is 0 Å². The molecule has 1 saturated heterocycles. The van der Waals surface area contributed by atoms with E-state index in [-0.39, 0.29) is 18.0 Å². The van der Waals surface area contributed by atoms with E-state index in [4.69, 9.17) is 4.74 Å². The van der Waals surface area contributed by atoms with Gasteiger partial charge in [-0.25, -0.2) is 9.18 Å². The average Bonchev–Trinajstić information content (AvgIpc) is 2.92. The van der Waals surface area contributed by atoms with Crippen LogP contribution < -0.4 is 10.6 Å². The molecule has 0 aliphatic carbocycles. The molecule has 2 amide bonds. The molecule has 1 aliphatic heterocycles. The van der Waals surface area contributed by atoms with E-state index < -0.39 is 0 Å². The zero-order valence-corrected chi connectivity index (χ0v) is 10.8. The zero-order valence-electron chi connectivity index (χ0n) is 10.8. The second-order valence-electron chi connectivity index (χ2n) is 4.61. The molecule has 1 unspecified atom stereocenters. The van der Waals surface area contributed by atoms with E-state index in [0.29, 0.717) is 25.1 Å². The van der Waals surface area contributed by atoms with E-state index in [9.17, 15) is 9.18 Å². The number of carbonyl (C=O) groups is 1. The summed E-state index contributed by atoms with van der Waals surface area (Å²) in [6.45, 7) is 1.73. The fraction of sp³-hybridized carbons (Fsp3) is 0.500. The maximum Gasteiger partial charge on any atom is 0.314 e. The van der Waals surface area contributed by atoms with Gasteiger partial charge in [0.25, 0.3) is 0 Å². The maximum atomic E-state index is 13.3. The van der Waals surface area contributed by atoms with Gasteiger partial charge in [0.1, 0.15) is 5.82 Å². The van der Waals surface area contributed by atoms with Gasteiger partial charge in [-0.1, -0.05) is 18.2 Å².